The highest BCUT2D eigenvalue weighted by atomic mass is 35.5. The van der Waals surface area contributed by atoms with E-state index in [1.54, 1.807) is 0 Å². The molecule has 0 saturated heterocycles. The molecule has 0 aliphatic heterocycles. The van der Waals surface area contributed by atoms with Gasteiger partial charge >= 0.3 is 0 Å². The molecule has 0 aromatic rings. The first kappa shape index (κ1) is 16.1. The van der Waals surface area contributed by atoms with Gasteiger partial charge in [0.25, 0.3) is 0 Å². The molecule has 1 N–H and O–H groups in total. The standard InChI is InChI=1S/C20H23ClN2/c21-20-16(14-22-18-10-3-1-4-11-18)8-7-9-17(20)15-23-19-12-5-2-6-13-19/h1,3-5,10,12-15,18,23H,2,6-9,11H2/b17-15+,22-14+. The lowest BCUT2D eigenvalue weighted by Gasteiger charge is -2.18. The largest absolute Gasteiger partial charge is 0.362 e. The summed E-state index contributed by atoms with van der Waals surface area (Å²) in [6, 6.07) is 0.252. The van der Waals surface area contributed by atoms with Crippen molar-refractivity contribution in [2.24, 2.45) is 4.99 Å². The van der Waals surface area contributed by atoms with Crippen LogP contribution in [-0.2, 0) is 0 Å². The monoisotopic (exact) mass is 326 g/mol. The second kappa shape index (κ2) is 8.16. The van der Waals surface area contributed by atoms with Gasteiger partial charge in [0.15, 0.2) is 0 Å². The Morgan fingerprint density at radius 3 is 2.91 bits per heavy atom. The lowest BCUT2D eigenvalue weighted by molar-refractivity contribution is 0.787. The topological polar surface area (TPSA) is 24.4 Å². The SMILES string of the molecule is ClC1=C(/C=N/C2C=CC=CC2)CCC/C1=C\NC1=CCCC=C1. The Bertz CT molecular complexity index is 645. The fourth-order valence-electron chi connectivity index (χ4n) is 2.91. The minimum atomic E-state index is 0.252. The van der Waals surface area contributed by atoms with Crippen molar-refractivity contribution >= 4 is 17.8 Å². The molecule has 0 bridgehead atoms. The predicted molar refractivity (Wildman–Crippen MR) is 99.6 cm³/mol. The summed E-state index contributed by atoms with van der Waals surface area (Å²) in [6.07, 6.45) is 25.4. The zero-order valence-electron chi connectivity index (χ0n) is 13.3. The molecule has 3 aliphatic rings. The number of nitrogens with one attached hydrogen (secondary N) is 1. The van der Waals surface area contributed by atoms with Crippen molar-refractivity contribution in [3.05, 3.63) is 70.6 Å². The highest BCUT2D eigenvalue weighted by Gasteiger charge is 2.15. The van der Waals surface area contributed by atoms with Gasteiger partial charge in [0.05, 0.1) is 6.04 Å². The van der Waals surface area contributed by atoms with Crippen LogP contribution >= 0.6 is 11.6 Å². The van der Waals surface area contributed by atoms with E-state index in [9.17, 15) is 0 Å². The van der Waals surface area contributed by atoms with Gasteiger partial charge in [0.2, 0.25) is 0 Å². The summed E-state index contributed by atoms with van der Waals surface area (Å²) in [5, 5.41) is 4.24. The van der Waals surface area contributed by atoms with Gasteiger partial charge in [-0.05, 0) is 55.7 Å². The smallest absolute Gasteiger partial charge is 0.0717 e. The predicted octanol–water partition coefficient (Wildman–Crippen LogP) is 5.33. The molecule has 23 heavy (non-hydrogen) atoms. The average Bonchev–Trinajstić information content (AvgIpc) is 2.61. The number of nitrogens with zero attached hydrogens (tertiary/aromatic N) is 1. The summed E-state index contributed by atoms with van der Waals surface area (Å²) in [4.78, 5) is 4.67. The van der Waals surface area contributed by atoms with Gasteiger partial charge in [0.1, 0.15) is 0 Å². The van der Waals surface area contributed by atoms with Crippen LogP contribution in [0.25, 0.3) is 0 Å². The molecule has 3 rings (SSSR count). The molecule has 1 unspecified atom stereocenters. The van der Waals surface area contributed by atoms with E-state index in [4.69, 9.17) is 11.6 Å². The van der Waals surface area contributed by atoms with Crippen LogP contribution in [0.1, 0.15) is 38.5 Å². The van der Waals surface area contributed by atoms with E-state index in [1.807, 2.05) is 6.21 Å². The number of hydrogen-bond donors (Lipinski definition) is 1. The zero-order chi connectivity index (χ0) is 15.9. The normalized spacial score (nSPS) is 26.2. The fourth-order valence-corrected chi connectivity index (χ4v) is 3.20. The quantitative estimate of drug-likeness (QED) is 0.694. The Labute approximate surface area is 143 Å². The van der Waals surface area contributed by atoms with E-state index in [2.05, 4.69) is 59.0 Å². The van der Waals surface area contributed by atoms with Crippen molar-refractivity contribution in [3.8, 4) is 0 Å². The van der Waals surface area contributed by atoms with Gasteiger partial charge in [-0.2, -0.15) is 0 Å². The summed E-state index contributed by atoms with van der Waals surface area (Å²) < 4.78 is 0. The van der Waals surface area contributed by atoms with Crippen molar-refractivity contribution in [1.29, 1.82) is 0 Å². The molecule has 120 valence electrons. The Hall–Kier alpha value is -1.80. The van der Waals surface area contributed by atoms with Gasteiger partial charge in [-0.15, -0.1) is 0 Å². The maximum atomic E-state index is 6.59. The summed E-state index contributed by atoms with van der Waals surface area (Å²) in [7, 11) is 0. The third-order valence-electron chi connectivity index (χ3n) is 4.24. The lowest BCUT2D eigenvalue weighted by Crippen LogP contribution is -2.09. The molecule has 0 radical (unpaired) electrons. The van der Waals surface area contributed by atoms with Crippen LogP contribution in [0.2, 0.25) is 0 Å². The zero-order valence-corrected chi connectivity index (χ0v) is 14.1. The number of allylic oxidation sites excluding steroid dienone is 8. The van der Waals surface area contributed by atoms with Crippen LogP contribution < -0.4 is 5.32 Å². The van der Waals surface area contributed by atoms with E-state index in [-0.39, 0.29) is 6.04 Å². The molecule has 3 heteroatoms. The minimum absolute atomic E-state index is 0.252. The maximum absolute atomic E-state index is 6.59. The van der Waals surface area contributed by atoms with E-state index in [0.29, 0.717) is 0 Å². The van der Waals surface area contributed by atoms with E-state index >= 15 is 0 Å². The average molecular weight is 327 g/mol. The molecule has 0 fully saturated rings. The Kier molecular flexibility index (Phi) is 5.71. The van der Waals surface area contributed by atoms with E-state index in [1.165, 1.54) is 5.57 Å². The van der Waals surface area contributed by atoms with E-state index in [0.717, 1.165) is 54.8 Å². The summed E-state index contributed by atoms with van der Waals surface area (Å²) >= 11 is 6.59. The van der Waals surface area contributed by atoms with Gasteiger partial charge in [-0.25, -0.2) is 0 Å². The molecule has 0 saturated carbocycles. The first-order chi connectivity index (χ1) is 11.3. The van der Waals surface area contributed by atoms with E-state index < -0.39 is 0 Å². The van der Waals surface area contributed by atoms with Crippen LogP contribution in [0.5, 0.6) is 0 Å². The van der Waals surface area contributed by atoms with Crippen molar-refractivity contribution in [2.75, 3.05) is 0 Å². The fraction of sp³-hybridized carbons (Fsp3) is 0.350. The van der Waals surface area contributed by atoms with Gasteiger partial charge in [-0.1, -0.05) is 48.1 Å². The van der Waals surface area contributed by atoms with Crippen LogP contribution in [0.4, 0.5) is 0 Å². The second-order valence-corrected chi connectivity index (χ2v) is 6.42. The molecule has 0 aromatic carbocycles. The number of rotatable bonds is 4. The van der Waals surface area contributed by atoms with Crippen LogP contribution in [0, 0.1) is 0 Å². The highest BCUT2D eigenvalue weighted by Crippen LogP contribution is 2.31. The van der Waals surface area contributed by atoms with Crippen molar-refractivity contribution < 1.29 is 0 Å². The van der Waals surface area contributed by atoms with Gasteiger partial charge in [0, 0.05) is 23.1 Å². The lowest BCUT2D eigenvalue weighted by atomic mass is 9.96. The highest BCUT2D eigenvalue weighted by molar-refractivity contribution is 6.33. The minimum Gasteiger partial charge on any atom is -0.362 e. The number of aliphatic imine (C=N–C) groups is 1. The third kappa shape index (κ3) is 4.59. The molecular formula is C20H23ClN2. The second-order valence-electron chi connectivity index (χ2n) is 6.04. The Morgan fingerprint density at radius 2 is 2.13 bits per heavy atom. The van der Waals surface area contributed by atoms with Crippen molar-refractivity contribution in [3.63, 3.8) is 0 Å². The van der Waals surface area contributed by atoms with Gasteiger partial charge in [-0.3, -0.25) is 4.99 Å². The third-order valence-corrected chi connectivity index (χ3v) is 4.73. The molecule has 0 amide bonds. The molecule has 0 heterocycles. The van der Waals surface area contributed by atoms with Crippen LogP contribution in [-0.4, -0.2) is 12.3 Å². The van der Waals surface area contributed by atoms with Crippen LogP contribution in [0.3, 0.4) is 0 Å². The molecule has 0 spiro atoms. The first-order valence-corrected chi connectivity index (χ1v) is 8.78. The molecule has 1 atom stereocenters. The van der Waals surface area contributed by atoms with Crippen molar-refractivity contribution in [1.82, 2.24) is 5.32 Å². The first-order valence-electron chi connectivity index (χ1n) is 8.41. The van der Waals surface area contributed by atoms with Gasteiger partial charge < -0.3 is 5.32 Å². The van der Waals surface area contributed by atoms with Crippen molar-refractivity contribution in [2.45, 2.75) is 44.6 Å². The number of halogens is 1. The molecule has 3 aliphatic carbocycles. The molecule has 2 nitrogen and oxygen atoms in total. The maximum Gasteiger partial charge on any atom is 0.0717 e. The Balaban J connectivity index is 1.68. The van der Waals surface area contributed by atoms with Crippen LogP contribution in [0.15, 0.2) is 75.6 Å². The summed E-state index contributed by atoms with van der Waals surface area (Å²) in [5.41, 5.74) is 3.49. The molecule has 0 aromatic heterocycles. The summed E-state index contributed by atoms with van der Waals surface area (Å²) in [5.74, 6) is 0. The summed E-state index contributed by atoms with van der Waals surface area (Å²) in [6.45, 7) is 0. The molecular weight excluding hydrogens is 304 g/mol. The Morgan fingerprint density at radius 1 is 1.17 bits per heavy atom. The number of hydrogen-bond acceptors (Lipinski definition) is 2.